The van der Waals surface area contributed by atoms with Crippen LogP contribution in [0.3, 0.4) is 0 Å². The summed E-state index contributed by atoms with van der Waals surface area (Å²) in [7, 11) is 1.58. The zero-order valence-electron chi connectivity index (χ0n) is 17.6. The zero-order valence-corrected chi connectivity index (χ0v) is 17.6. The van der Waals surface area contributed by atoms with Gasteiger partial charge in [0.2, 0.25) is 11.8 Å². The molecule has 1 aliphatic heterocycles. The normalized spacial score (nSPS) is 13.3. The molecule has 2 aromatic carbocycles. The summed E-state index contributed by atoms with van der Waals surface area (Å²) in [6, 6.07) is 14.2. The van der Waals surface area contributed by atoms with E-state index >= 15 is 0 Å². The first-order chi connectivity index (χ1) is 15.6. The minimum atomic E-state index is -0.743. The number of urea groups is 1. The van der Waals surface area contributed by atoms with Gasteiger partial charge < -0.3 is 35.5 Å². The number of rotatable bonds is 7. The van der Waals surface area contributed by atoms with Crippen molar-refractivity contribution in [3.05, 3.63) is 54.7 Å². The largest absolute Gasteiger partial charge is 0.497 e. The smallest absolute Gasteiger partial charge is 0.316 e. The lowest BCUT2D eigenvalue weighted by Crippen LogP contribution is -2.36. The van der Waals surface area contributed by atoms with Crippen LogP contribution in [-0.4, -0.2) is 49.4 Å². The Morgan fingerprint density at radius 2 is 1.75 bits per heavy atom. The average molecular weight is 436 g/mol. The summed E-state index contributed by atoms with van der Waals surface area (Å²) in [6.07, 6.45) is 1.43. The van der Waals surface area contributed by atoms with Gasteiger partial charge in [-0.1, -0.05) is 0 Å². The number of nitrogens with zero attached hydrogens (tertiary/aromatic N) is 3. The number of hydrogen-bond acceptors (Lipinski definition) is 8. The van der Waals surface area contributed by atoms with E-state index in [1.165, 1.54) is 6.20 Å². The molecule has 166 valence electrons. The third-order valence-corrected chi connectivity index (χ3v) is 4.79. The molecule has 0 spiro atoms. The van der Waals surface area contributed by atoms with Crippen molar-refractivity contribution in [3.63, 3.8) is 0 Å². The Hall–Kier alpha value is -4.05. The lowest BCUT2D eigenvalue weighted by atomic mass is 10.2. The molecule has 10 heteroatoms. The van der Waals surface area contributed by atoms with Gasteiger partial charge in [-0.15, -0.1) is 0 Å². The summed E-state index contributed by atoms with van der Waals surface area (Å²) in [5.41, 5.74) is 7.45. The number of amides is 2. The predicted octanol–water partition coefficient (Wildman–Crippen LogP) is 3.35. The predicted molar refractivity (Wildman–Crippen MR) is 121 cm³/mol. The van der Waals surface area contributed by atoms with Gasteiger partial charge in [-0.2, -0.15) is 4.98 Å². The number of nitrogens with two attached hydrogens (primary N) is 1. The molecule has 4 rings (SSSR count). The van der Waals surface area contributed by atoms with Crippen LogP contribution in [0.15, 0.2) is 54.7 Å². The van der Waals surface area contributed by atoms with Crippen molar-refractivity contribution in [1.82, 2.24) is 9.97 Å². The molecule has 2 heterocycles. The standard InChI is InChI=1S/C22H24N6O4/c1-30-17-6-8-18(9-7-17)32-20-19(26-21(23)29)14-24-22(27-20)25-15-2-4-16(5-3-15)28-10-12-31-13-11-28/h2-9,14H,10-13H2,1H3,(H3,23,26,29)(H,24,25,27). The number of methoxy groups -OCH3 is 1. The molecular weight excluding hydrogens is 412 g/mol. The van der Waals surface area contributed by atoms with Crippen molar-refractivity contribution >= 4 is 29.0 Å². The number of nitrogens with one attached hydrogen (secondary N) is 2. The summed E-state index contributed by atoms with van der Waals surface area (Å²) in [5, 5.41) is 5.62. The van der Waals surface area contributed by atoms with Gasteiger partial charge in [-0.25, -0.2) is 9.78 Å². The number of carbonyl (C=O) groups excluding carboxylic acids is 1. The van der Waals surface area contributed by atoms with E-state index in [0.717, 1.165) is 37.7 Å². The van der Waals surface area contributed by atoms with Crippen LogP contribution in [0.1, 0.15) is 0 Å². The molecule has 0 atom stereocenters. The zero-order chi connectivity index (χ0) is 22.3. The molecule has 1 fully saturated rings. The highest BCUT2D eigenvalue weighted by atomic mass is 16.5. The molecule has 0 radical (unpaired) electrons. The summed E-state index contributed by atoms with van der Waals surface area (Å²) < 4.78 is 16.4. The first-order valence-electron chi connectivity index (χ1n) is 10.1. The monoisotopic (exact) mass is 436 g/mol. The van der Waals surface area contributed by atoms with Gasteiger partial charge in [0, 0.05) is 24.5 Å². The fraction of sp³-hybridized carbons (Fsp3) is 0.227. The lowest BCUT2D eigenvalue weighted by molar-refractivity contribution is 0.122. The van der Waals surface area contributed by atoms with Crippen LogP contribution in [0.2, 0.25) is 0 Å². The number of hydrogen-bond donors (Lipinski definition) is 3. The van der Waals surface area contributed by atoms with Crippen LogP contribution in [0.4, 0.5) is 27.8 Å². The van der Waals surface area contributed by atoms with Gasteiger partial charge in [0.25, 0.3) is 0 Å². The highest BCUT2D eigenvalue weighted by Gasteiger charge is 2.13. The second kappa shape index (κ2) is 9.84. The Balaban J connectivity index is 1.51. The SMILES string of the molecule is COc1ccc(Oc2nc(Nc3ccc(N4CCOCC4)cc3)ncc2NC(N)=O)cc1. The van der Waals surface area contributed by atoms with E-state index in [2.05, 4.69) is 25.5 Å². The molecule has 10 nitrogen and oxygen atoms in total. The van der Waals surface area contributed by atoms with Crippen LogP contribution < -0.4 is 30.7 Å². The summed E-state index contributed by atoms with van der Waals surface area (Å²) in [4.78, 5) is 22.3. The number of ether oxygens (including phenoxy) is 3. The molecule has 32 heavy (non-hydrogen) atoms. The van der Waals surface area contributed by atoms with E-state index in [4.69, 9.17) is 19.9 Å². The minimum Gasteiger partial charge on any atom is -0.497 e. The summed E-state index contributed by atoms with van der Waals surface area (Å²) in [5.74, 6) is 1.66. The number of morpholine rings is 1. The van der Waals surface area contributed by atoms with Crippen LogP contribution in [0.25, 0.3) is 0 Å². The fourth-order valence-corrected chi connectivity index (χ4v) is 3.18. The van der Waals surface area contributed by atoms with Crippen molar-refractivity contribution in [2.45, 2.75) is 0 Å². The second-order valence-corrected chi connectivity index (χ2v) is 6.95. The molecule has 0 bridgehead atoms. The first-order valence-corrected chi connectivity index (χ1v) is 10.1. The molecule has 1 aromatic heterocycles. The van der Waals surface area contributed by atoms with Crippen LogP contribution in [-0.2, 0) is 4.74 Å². The summed E-state index contributed by atoms with van der Waals surface area (Å²) >= 11 is 0. The number of carbonyl (C=O) groups is 1. The van der Waals surface area contributed by atoms with Crippen molar-refractivity contribution < 1.29 is 19.0 Å². The molecular formula is C22H24N6O4. The molecule has 0 saturated carbocycles. The number of primary amides is 1. The van der Waals surface area contributed by atoms with E-state index in [9.17, 15) is 4.79 Å². The maximum Gasteiger partial charge on any atom is 0.316 e. The topological polar surface area (TPSA) is 124 Å². The van der Waals surface area contributed by atoms with Gasteiger partial charge in [-0.05, 0) is 48.5 Å². The van der Waals surface area contributed by atoms with Gasteiger partial charge in [0.1, 0.15) is 17.2 Å². The summed E-state index contributed by atoms with van der Waals surface area (Å²) in [6.45, 7) is 3.21. The third-order valence-electron chi connectivity index (χ3n) is 4.79. The number of anilines is 4. The van der Waals surface area contributed by atoms with Crippen molar-refractivity contribution in [2.24, 2.45) is 5.73 Å². The van der Waals surface area contributed by atoms with Gasteiger partial charge in [0.15, 0.2) is 0 Å². The Morgan fingerprint density at radius 1 is 1.06 bits per heavy atom. The van der Waals surface area contributed by atoms with Gasteiger partial charge in [0.05, 0.1) is 26.5 Å². The molecule has 3 aromatic rings. The highest BCUT2D eigenvalue weighted by Crippen LogP contribution is 2.30. The van der Waals surface area contributed by atoms with E-state index < -0.39 is 6.03 Å². The number of benzene rings is 2. The number of aromatic nitrogens is 2. The van der Waals surface area contributed by atoms with E-state index in [1.807, 2.05) is 24.3 Å². The van der Waals surface area contributed by atoms with Crippen molar-refractivity contribution in [1.29, 1.82) is 0 Å². The average Bonchev–Trinajstić information content (AvgIpc) is 2.82. The Kier molecular flexibility index (Phi) is 6.52. The van der Waals surface area contributed by atoms with Crippen LogP contribution in [0.5, 0.6) is 17.4 Å². The quantitative estimate of drug-likeness (QED) is 0.515. The lowest BCUT2D eigenvalue weighted by Gasteiger charge is -2.28. The maximum absolute atomic E-state index is 11.4. The van der Waals surface area contributed by atoms with Crippen molar-refractivity contribution in [2.75, 3.05) is 48.9 Å². The van der Waals surface area contributed by atoms with Crippen LogP contribution >= 0.6 is 0 Å². The van der Waals surface area contributed by atoms with E-state index in [0.29, 0.717) is 17.4 Å². The third kappa shape index (κ3) is 5.35. The Morgan fingerprint density at radius 3 is 2.41 bits per heavy atom. The van der Waals surface area contributed by atoms with E-state index in [1.54, 1.807) is 31.4 Å². The Labute approximate surface area is 185 Å². The molecule has 2 amide bonds. The van der Waals surface area contributed by atoms with Gasteiger partial charge in [-0.3, -0.25) is 0 Å². The molecule has 0 unspecified atom stereocenters. The molecule has 0 aliphatic carbocycles. The van der Waals surface area contributed by atoms with E-state index in [-0.39, 0.29) is 11.6 Å². The molecule has 4 N–H and O–H groups in total. The van der Waals surface area contributed by atoms with Crippen LogP contribution in [0, 0.1) is 0 Å². The molecule has 1 aliphatic rings. The first kappa shape index (κ1) is 21.2. The van der Waals surface area contributed by atoms with Crippen molar-refractivity contribution in [3.8, 4) is 17.4 Å². The maximum atomic E-state index is 11.4. The molecule has 1 saturated heterocycles. The second-order valence-electron chi connectivity index (χ2n) is 6.95. The Bertz CT molecular complexity index is 1050. The minimum absolute atomic E-state index is 0.149. The highest BCUT2D eigenvalue weighted by molar-refractivity contribution is 5.89. The fourth-order valence-electron chi connectivity index (χ4n) is 3.18. The van der Waals surface area contributed by atoms with Gasteiger partial charge >= 0.3 is 6.03 Å².